The Morgan fingerprint density at radius 2 is 1.50 bits per heavy atom. The molecule has 1 aromatic heterocycles. The van der Waals surface area contributed by atoms with Gasteiger partial charge in [0, 0.05) is 34.3 Å². The zero-order valence-corrected chi connectivity index (χ0v) is 23.1. The van der Waals surface area contributed by atoms with Gasteiger partial charge in [0.15, 0.2) is 11.6 Å². The summed E-state index contributed by atoms with van der Waals surface area (Å²) in [6.07, 6.45) is 5.78. The molecule has 2 heterocycles. The molecule has 2 aliphatic rings. The zero-order chi connectivity index (χ0) is 27.5. The second kappa shape index (κ2) is 11.6. The van der Waals surface area contributed by atoms with E-state index in [0.29, 0.717) is 11.4 Å². The van der Waals surface area contributed by atoms with E-state index in [9.17, 15) is 9.59 Å². The molecule has 1 N–H and O–H groups in total. The number of hydrogen-bond acceptors (Lipinski definition) is 4. The Balaban J connectivity index is 1.18. The van der Waals surface area contributed by atoms with E-state index in [1.54, 1.807) is 0 Å². The average molecular weight is 533 g/mol. The number of nitrogens with zero attached hydrogens (tertiary/aromatic N) is 3. The minimum absolute atomic E-state index is 0.0512. The summed E-state index contributed by atoms with van der Waals surface area (Å²) in [5.41, 5.74) is 5.85. The molecule has 3 aromatic carbocycles. The molecule has 1 amide bonds. The Morgan fingerprint density at radius 3 is 2.25 bits per heavy atom. The first-order chi connectivity index (χ1) is 19.6. The summed E-state index contributed by atoms with van der Waals surface area (Å²) >= 11 is 0. The summed E-state index contributed by atoms with van der Waals surface area (Å²) in [5.74, 6) is 0.843. The van der Waals surface area contributed by atoms with Gasteiger partial charge in [-0.05, 0) is 82.3 Å². The summed E-state index contributed by atoms with van der Waals surface area (Å²) in [5, 5.41) is 8.06. The van der Waals surface area contributed by atoms with Crippen LogP contribution in [0.15, 0.2) is 84.9 Å². The van der Waals surface area contributed by atoms with E-state index in [1.165, 1.54) is 5.69 Å². The van der Waals surface area contributed by atoms with Gasteiger partial charge in [-0.1, -0.05) is 66.7 Å². The van der Waals surface area contributed by atoms with Crippen molar-refractivity contribution < 1.29 is 9.59 Å². The predicted molar refractivity (Wildman–Crippen MR) is 158 cm³/mol. The lowest BCUT2D eigenvalue weighted by Gasteiger charge is -2.36. The van der Waals surface area contributed by atoms with Crippen molar-refractivity contribution in [2.75, 3.05) is 18.4 Å². The van der Waals surface area contributed by atoms with Crippen molar-refractivity contribution in [3.8, 4) is 5.69 Å². The first-order valence-electron chi connectivity index (χ1n) is 14.5. The quantitative estimate of drug-likeness (QED) is 0.270. The highest BCUT2D eigenvalue weighted by Gasteiger charge is 2.30. The van der Waals surface area contributed by atoms with Crippen molar-refractivity contribution in [1.82, 2.24) is 14.7 Å². The number of nitrogens with one attached hydrogen (secondary N) is 1. The lowest BCUT2D eigenvalue weighted by Crippen LogP contribution is -2.38. The number of hydrogen-bond donors (Lipinski definition) is 1. The number of benzene rings is 3. The van der Waals surface area contributed by atoms with Gasteiger partial charge in [0.2, 0.25) is 0 Å². The molecule has 6 heteroatoms. The number of amides is 1. The molecule has 1 saturated heterocycles. The molecule has 0 saturated carbocycles. The minimum Gasteiger partial charge on any atom is -0.305 e. The van der Waals surface area contributed by atoms with Gasteiger partial charge in [-0.2, -0.15) is 0 Å². The number of fused-ring (bicyclic) bond motifs is 1. The summed E-state index contributed by atoms with van der Waals surface area (Å²) in [6.45, 7) is 3.82. The molecule has 0 radical (unpaired) electrons. The average Bonchev–Trinajstić information content (AvgIpc) is 3.39. The number of carbonyl (C=O) groups excluding carboxylic acids is 2. The van der Waals surface area contributed by atoms with Gasteiger partial charge in [0.1, 0.15) is 0 Å². The van der Waals surface area contributed by atoms with E-state index in [4.69, 9.17) is 5.10 Å². The van der Waals surface area contributed by atoms with Crippen LogP contribution < -0.4 is 5.32 Å². The Hall–Kier alpha value is -4.03. The van der Waals surface area contributed by atoms with Crippen LogP contribution in [0.1, 0.15) is 76.2 Å². The number of aromatic nitrogens is 2. The maximum atomic E-state index is 13.7. The van der Waals surface area contributed by atoms with E-state index in [-0.39, 0.29) is 23.7 Å². The van der Waals surface area contributed by atoms with Crippen molar-refractivity contribution in [1.29, 1.82) is 0 Å². The van der Waals surface area contributed by atoms with Crippen molar-refractivity contribution in [3.63, 3.8) is 0 Å². The minimum atomic E-state index is -0.123. The zero-order valence-electron chi connectivity index (χ0n) is 23.1. The molecular formula is C34H36N4O2. The van der Waals surface area contributed by atoms with Gasteiger partial charge >= 0.3 is 0 Å². The lowest BCUT2D eigenvalue weighted by atomic mass is 9.87. The highest BCUT2D eigenvalue weighted by Crippen LogP contribution is 2.32. The molecule has 1 aliphatic carbocycles. The van der Waals surface area contributed by atoms with Crippen molar-refractivity contribution >= 4 is 17.5 Å². The van der Waals surface area contributed by atoms with Crippen LogP contribution in [0.25, 0.3) is 5.69 Å². The van der Waals surface area contributed by atoms with Crippen LogP contribution in [0, 0.1) is 5.92 Å². The second-order valence-corrected chi connectivity index (χ2v) is 11.0. The number of likely N-dealkylation sites (tertiary alicyclic amines) is 1. The molecule has 1 unspecified atom stereocenters. The van der Waals surface area contributed by atoms with Gasteiger partial charge in [-0.3, -0.25) is 14.5 Å². The number of para-hydroxylation sites is 1. The number of carbonyl (C=O) groups is 2. The van der Waals surface area contributed by atoms with E-state index >= 15 is 0 Å². The second-order valence-electron chi connectivity index (χ2n) is 11.0. The fourth-order valence-corrected chi connectivity index (χ4v) is 6.31. The summed E-state index contributed by atoms with van der Waals surface area (Å²) < 4.78 is 2.00. The van der Waals surface area contributed by atoms with Crippen molar-refractivity contribution in [2.45, 2.75) is 51.5 Å². The Bertz CT molecular complexity index is 1490. The Labute approximate surface area is 236 Å². The standard InChI is InChI=1S/C34H36N4O2/c1-24(37-22-20-26(21-23-37)32(39)25-12-4-2-5-13-25)28-16-8-9-17-29(28)34(40)35-33-30-18-10-11-19-31(30)38(36-33)27-14-6-3-7-15-27/h2-9,12-17,24,26H,10-11,18-23H2,1H3,(H,35,36,40). The van der Waals surface area contributed by atoms with Crippen LogP contribution >= 0.6 is 0 Å². The fraction of sp³-hybridized carbons (Fsp3) is 0.324. The van der Waals surface area contributed by atoms with Crippen LogP contribution in [0.2, 0.25) is 0 Å². The van der Waals surface area contributed by atoms with E-state index in [1.807, 2.05) is 71.4 Å². The van der Waals surface area contributed by atoms with Crippen LogP contribution in [-0.4, -0.2) is 39.5 Å². The first kappa shape index (κ1) is 26.2. The number of anilines is 1. The largest absolute Gasteiger partial charge is 0.305 e. The van der Waals surface area contributed by atoms with E-state index in [2.05, 4.69) is 35.3 Å². The monoisotopic (exact) mass is 532 g/mol. The van der Waals surface area contributed by atoms with Gasteiger partial charge in [-0.15, -0.1) is 5.10 Å². The van der Waals surface area contributed by atoms with Crippen molar-refractivity contribution in [2.24, 2.45) is 5.92 Å². The van der Waals surface area contributed by atoms with E-state index < -0.39 is 0 Å². The molecule has 1 atom stereocenters. The third-order valence-corrected chi connectivity index (χ3v) is 8.57. The van der Waals surface area contributed by atoms with Crippen molar-refractivity contribution in [3.05, 3.63) is 113 Å². The van der Waals surface area contributed by atoms with E-state index in [0.717, 1.165) is 74.0 Å². The Morgan fingerprint density at radius 1 is 0.850 bits per heavy atom. The highest BCUT2D eigenvalue weighted by atomic mass is 16.1. The smallest absolute Gasteiger partial charge is 0.257 e. The maximum absolute atomic E-state index is 13.7. The molecule has 1 aliphatic heterocycles. The molecule has 1 fully saturated rings. The predicted octanol–water partition coefficient (Wildman–Crippen LogP) is 6.66. The SMILES string of the molecule is CC(c1ccccc1C(=O)Nc1nn(-c2ccccc2)c2c1CCCC2)N1CCC(C(=O)c2ccccc2)CC1. The fourth-order valence-electron chi connectivity index (χ4n) is 6.31. The van der Waals surface area contributed by atoms with Crippen LogP contribution in [-0.2, 0) is 12.8 Å². The number of piperidine rings is 1. The molecular weight excluding hydrogens is 496 g/mol. The summed E-state index contributed by atoms with van der Waals surface area (Å²) in [7, 11) is 0. The maximum Gasteiger partial charge on any atom is 0.257 e. The van der Waals surface area contributed by atoms with Gasteiger partial charge in [0.05, 0.1) is 5.69 Å². The Kier molecular flexibility index (Phi) is 7.60. The number of ketones is 1. The third-order valence-electron chi connectivity index (χ3n) is 8.57. The molecule has 4 aromatic rings. The van der Waals surface area contributed by atoms with Crippen LogP contribution in [0.5, 0.6) is 0 Å². The van der Waals surface area contributed by atoms with Crippen LogP contribution in [0.3, 0.4) is 0 Å². The lowest BCUT2D eigenvalue weighted by molar-refractivity contribution is 0.0801. The molecule has 40 heavy (non-hydrogen) atoms. The molecule has 6 nitrogen and oxygen atoms in total. The third kappa shape index (κ3) is 5.24. The number of rotatable bonds is 7. The normalized spacial score (nSPS) is 16.7. The van der Waals surface area contributed by atoms with Crippen LogP contribution in [0.4, 0.5) is 5.82 Å². The number of Topliss-reactive ketones (excluding diaryl/α,β-unsaturated/α-hetero) is 1. The van der Waals surface area contributed by atoms with Gasteiger partial charge < -0.3 is 5.32 Å². The topological polar surface area (TPSA) is 67.2 Å². The highest BCUT2D eigenvalue weighted by molar-refractivity contribution is 6.05. The molecule has 6 rings (SSSR count). The summed E-state index contributed by atoms with van der Waals surface area (Å²) in [6, 6.07) is 27.7. The molecule has 0 bridgehead atoms. The summed E-state index contributed by atoms with van der Waals surface area (Å²) in [4.78, 5) is 29.1. The van der Waals surface area contributed by atoms with Gasteiger partial charge in [-0.25, -0.2) is 4.68 Å². The molecule has 204 valence electrons. The van der Waals surface area contributed by atoms with Gasteiger partial charge in [0.25, 0.3) is 5.91 Å². The molecule has 0 spiro atoms. The first-order valence-corrected chi connectivity index (χ1v) is 14.5.